The minimum Gasteiger partial charge on any atom is -0.451 e. The van der Waals surface area contributed by atoms with Crippen LogP contribution < -0.4 is 5.32 Å². The van der Waals surface area contributed by atoms with Gasteiger partial charge >= 0.3 is 5.97 Å². The van der Waals surface area contributed by atoms with E-state index in [2.05, 4.69) is 27.7 Å². The summed E-state index contributed by atoms with van der Waals surface area (Å²) < 4.78 is 5.28. The minimum absolute atomic E-state index is 0.131. The fourth-order valence-corrected chi connectivity index (χ4v) is 3.12. The predicted octanol–water partition coefficient (Wildman–Crippen LogP) is 3.24. The molecule has 0 aliphatic heterocycles. The van der Waals surface area contributed by atoms with Gasteiger partial charge < -0.3 is 10.1 Å². The summed E-state index contributed by atoms with van der Waals surface area (Å²) in [6, 6.07) is 17.3. The van der Waals surface area contributed by atoms with Crippen molar-refractivity contribution in [1.29, 1.82) is 0 Å². The normalized spacial score (nSPS) is 12.7. The minimum atomic E-state index is -0.935. The number of carbonyl (C=O) groups excluding carboxylic acids is 2. The summed E-state index contributed by atoms with van der Waals surface area (Å²) >= 11 is 0. The molecule has 8 nitrogen and oxygen atoms in total. The first-order chi connectivity index (χ1) is 15.0. The van der Waals surface area contributed by atoms with Crippen molar-refractivity contribution in [3.05, 3.63) is 65.7 Å². The van der Waals surface area contributed by atoms with E-state index in [1.807, 2.05) is 61.5 Å². The van der Waals surface area contributed by atoms with E-state index in [1.54, 1.807) is 6.92 Å². The number of nitrogens with zero attached hydrogens (tertiary/aromatic N) is 4. The molecule has 2 unspecified atom stereocenters. The number of amides is 1. The van der Waals surface area contributed by atoms with Crippen LogP contribution in [0.15, 0.2) is 54.6 Å². The number of ether oxygens (including phenoxy) is 1. The molecule has 0 saturated carbocycles. The molecule has 2 atom stereocenters. The van der Waals surface area contributed by atoms with Gasteiger partial charge in [0.05, 0.1) is 6.04 Å². The summed E-state index contributed by atoms with van der Waals surface area (Å²) in [6.45, 7) is 5.37. The van der Waals surface area contributed by atoms with Crippen molar-refractivity contribution in [2.24, 2.45) is 0 Å². The number of hydrogen-bond acceptors (Lipinski definition) is 6. The summed E-state index contributed by atoms with van der Waals surface area (Å²) in [5.74, 6) is -0.534. The number of hydrogen-bond donors (Lipinski definition) is 1. The molecular weight excluding hydrogens is 394 g/mol. The fraction of sp³-hybridized carbons (Fsp3) is 0.348. The molecule has 31 heavy (non-hydrogen) atoms. The van der Waals surface area contributed by atoms with E-state index in [-0.39, 0.29) is 18.5 Å². The number of nitrogens with one attached hydrogen (secondary N) is 1. The molecule has 3 rings (SSSR count). The number of tetrazole rings is 1. The van der Waals surface area contributed by atoms with Gasteiger partial charge in [-0.3, -0.25) is 4.79 Å². The lowest BCUT2D eigenvalue weighted by Gasteiger charge is -2.21. The zero-order chi connectivity index (χ0) is 22.2. The summed E-state index contributed by atoms with van der Waals surface area (Å²) in [7, 11) is 0. The van der Waals surface area contributed by atoms with Crippen molar-refractivity contribution >= 4 is 11.9 Å². The average molecular weight is 422 g/mol. The van der Waals surface area contributed by atoms with Gasteiger partial charge in [-0.15, -0.1) is 10.2 Å². The molecule has 8 heteroatoms. The molecule has 0 fully saturated rings. The second-order valence-electron chi connectivity index (χ2n) is 7.40. The van der Waals surface area contributed by atoms with E-state index in [0.29, 0.717) is 5.82 Å². The maximum Gasteiger partial charge on any atom is 0.330 e. The standard InChI is InChI=1S/C23H27N5O3/c1-4-8-20(18-9-6-5-7-10-18)24-23(30)17(3)31-21(29)15-28-26-22(25-27-28)19-13-11-16(2)12-14-19/h5-7,9-14,17,20H,4,8,15H2,1-3H3,(H,24,30). The number of esters is 1. The Morgan fingerprint density at radius 1 is 1.10 bits per heavy atom. The second kappa shape index (κ2) is 10.5. The van der Waals surface area contributed by atoms with Crippen LogP contribution in [0.2, 0.25) is 0 Å². The van der Waals surface area contributed by atoms with E-state index in [1.165, 1.54) is 0 Å². The highest BCUT2D eigenvalue weighted by Crippen LogP contribution is 2.18. The molecule has 0 spiro atoms. The maximum absolute atomic E-state index is 12.6. The Balaban J connectivity index is 1.55. The summed E-state index contributed by atoms with van der Waals surface area (Å²) in [4.78, 5) is 26.0. The maximum atomic E-state index is 12.6. The van der Waals surface area contributed by atoms with Gasteiger partial charge in [-0.25, -0.2) is 4.79 Å². The van der Waals surface area contributed by atoms with Crippen molar-refractivity contribution in [2.75, 3.05) is 0 Å². The number of aryl methyl sites for hydroxylation is 1. The van der Waals surface area contributed by atoms with Crippen molar-refractivity contribution in [3.63, 3.8) is 0 Å². The van der Waals surface area contributed by atoms with Gasteiger partial charge in [0.2, 0.25) is 5.82 Å². The van der Waals surface area contributed by atoms with E-state index in [4.69, 9.17) is 4.74 Å². The third-order valence-corrected chi connectivity index (χ3v) is 4.81. The Kier molecular flexibility index (Phi) is 7.48. The molecule has 0 aliphatic rings. The van der Waals surface area contributed by atoms with Gasteiger partial charge in [-0.2, -0.15) is 4.80 Å². The molecule has 0 radical (unpaired) electrons. The molecule has 1 aromatic heterocycles. The van der Waals surface area contributed by atoms with E-state index < -0.39 is 12.1 Å². The zero-order valence-corrected chi connectivity index (χ0v) is 18.0. The molecule has 3 aromatic rings. The smallest absolute Gasteiger partial charge is 0.330 e. The third-order valence-electron chi connectivity index (χ3n) is 4.81. The average Bonchev–Trinajstić information content (AvgIpc) is 3.22. The van der Waals surface area contributed by atoms with Crippen molar-refractivity contribution in [2.45, 2.75) is 52.3 Å². The van der Waals surface area contributed by atoms with Crippen LogP contribution in [0.4, 0.5) is 0 Å². The Morgan fingerprint density at radius 3 is 2.48 bits per heavy atom. The van der Waals surface area contributed by atoms with Crippen LogP contribution in [-0.4, -0.2) is 38.2 Å². The first kappa shape index (κ1) is 22.1. The Labute approximate surface area is 181 Å². The second-order valence-corrected chi connectivity index (χ2v) is 7.40. The fourth-order valence-electron chi connectivity index (χ4n) is 3.12. The van der Waals surface area contributed by atoms with Crippen LogP contribution >= 0.6 is 0 Å². The lowest BCUT2D eigenvalue weighted by Crippen LogP contribution is -2.38. The highest BCUT2D eigenvalue weighted by Gasteiger charge is 2.22. The topological polar surface area (TPSA) is 99.0 Å². The van der Waals surface area contributed by atoms with E-state index in [9.17, 15) is 9.59 Å². The van der Waals surface area contributed by atoms with Crippen LogP contribution in [0.3, 0.4) is 0 Å². The third kappa shape index (κ3) is 6.21. The van der Waals surface area contributed by atoms with E-state index >= 15 is 0 Å². The SMILES string of the molecule is CCCC(NC(=O)C(C)OC(=O)Cn1nnc(-c2ccc(C)cc2)n1)c1ccccc1. The number of aromatic nitrogens is 4. The molecule has 0 saturated heterocycles. The monoisotopic (exact) mass is 421 g/mol. The molecule has 1 heterocycles. The molecule has 1 amide bonds. The van der Waals surface area contributed by atoms with Crippen LogP contribution in [0.1, 0.15) is 43.9 Å². The van der Waals surface area contributed by atoms with Crippen LogP contribution in [0.25, 0.3) is 11.4 Å². The first-order valence-corrected chi connectivity index (χ1v) is 10.4. The Morgan fingerprint density at radius 2 is 1.81 bits per heavy atom. The predicted molar refractivity (Wildman–Crippen MR) is 116 cm³/mol. The van der Waals surface area contributed by atoms with Gasteiger partial charge in [0.25, 0.3) is 5.91 Å². The molecule has 1 N–H and O–H groups in total. The quantitative estimate of drug-likeness (QED) is 0.533. The van der Waals surface area contributed by atoms with E-state index in [0.717, 1.165) is 34.3 Å². The number of rotatable bonds is 9. The molecular formula is C23H27N5O3. The van der Waals surface area contributed by atoms with Gasteiger partial charge in [0, 0.05) is 5.56 Å². The number of benzene rings is 2. The summed E-state index contributed by atoms with van der Waals surface area (Å²) in [5, 5.41) is 15.0. The van der Waals surface area contributed by atoms with Crippen LogP contribution in [0, 0.1) is 6.92 Å². The highest BCUT2D eigenvalue weighted by molar-refractivity contribution is 5.83. The van der Waals surface area contributed by atoms with Crippen LogP contribution in [0.5, 0.6) is 0 Å². The zero-order valence-electron chi connectivity index (χ0n) is 18.0. The van der Waals surface area contributed by atoms with Crippen molar-refractivity contribution < 1.29 is 14.3 Å². The van der Waals surface area contributed by atoms with Gasteiger partial charge in [0.15, 0.2) is 12.6 Å². The largest absolute Gasteiger partial charge is 0.451 e. The lowest BCUT2D eigenvalue weighted by molar-refractivity contribution is -0.156. The van der Waals surface area contributed by atoms with Gasteiger partial charge in [0.1, 0.15) is 0 Å². The Bertz CT molecular complexity index is 1000. The van der Waals surface area contributed by atoms with Crippen LogP contribution in [-0.2, 0) is 20.9 Å². The van der Waals surface area contributed by atoms with Gasteiger partial charge in [-0.05, 0) is 31.0 Å². The molecule has 162 valence electrons. The molecule has 2 aromatic carbocycles. The highest BCUT2D eigenvalue weighted by atomic mass is 16.5. The van der Waals surface area contributed by atoms with Crippen molar-refractivity contribution in [3.8, 4) is 11.4 Å². The summed E-state index contributed by atoms with van der Waals surface area (Å²) in [5.41, 5.74) is 2.95. The first-order valence-electron chi connectivity index (χ1n) is 10.4. The number of carbonyl (C=O) groups is 2. The summed E-state index contributed by atoms with van der Waals surface area (Å²) in [6.07, 6.45) is 0.770. The Hall–Kier alpha value is -3.55. The molecule has 0 aliphatic carbocycles. The molecule has 0 bridgehead atoms. The lowest BCUT2D eigenvalue weighted by atomic mass is 10.0. The van der Waals surface area contributed by atoms with Gasteiger partial charge in [-0.1, -0.05) is 73.5 Å². The van der Waals surface area contributed by atoms with Crippen molar-refractivity contribution in [1.82, 2.24) is 25.5 Å².